The maximum atomic E-state index is 12.6. The van der Waals surface area contributed by atoms with Crippen LogP contribution in [0, 0.1) is 0 Å². The molecule has 3 N–H and O–H groups in total. The van der Waals surface area contributed by atoms with Gasteiger partial charge in [-0.3, -0.25) is 9.59 Å². The first-order valence-corrected chi connectivity index (χ1v) is 7.47. The highest BCUT2D eigenvalue weighted by molar-refractivity contribution is 6.05. The van der Waals surface area contributed by atoms with E-state index in [-0.39, 0.29) is 11.9 Å². The van der Waals surface area contributed by atoms with Crippen LogP contribution in [-0.2, 0) is 0 Å². The van der Waals surface area contributed by atoms with E-state index in [0.29, 0.717) is 16.6 Å². The number of nitrogens with two attached hydrogens (primary N) is 1. The molecule has 6 nitrogen and oxygen atoms in total. The van der Waals surface area contributed by atoms with E-state index in [9.17, 15) is 9.59 Å². The van der Waals surface area contributed by atoms with Gasteiger partial charge in [-0.1, -0.05) is 30.3 Å². The van der Waals surface area contributed by atoms with E-state index >= 15 is 0 Å². The Bertz CT molecular complexity index is 901. The lowest BCUT2D eigenvalue weighted by atomic mass is 10.0. The summed E-state index contributed by atoms with van der Waals surface area (Å²) in [5, 5.41) is 11.6. The molecule has 2 amide bonds. The Morgan fingerprint density at radius 3 is 2.50 bits per heavy atom. The minimum absolute atomic E-state index is 0.229. The predicted molar refractivity (Wildman–Crippen MR) is 90.4 cm³/mol. The van der Waals surface area contributed by atoms with Crippen molar-refractivity contribution < 1.29 is 9.59 Å². The Hall–Kier alpha value is -3.28. The van der Waals surface area contributed by atoms with Gasteiger partial charge >= 0.3 is 0 Å². The van der Waals surface area contributed by atoms with Crippen LogP contribution in [0.2, 0.25) is 0 Å². The summed E-state index contributed by atoms with van der Waals surface area (Å²) < 4.78 is 0. The molecule has 0 aliphatic carbocycles. The van der Waals surface area contributed by atoms with Crippen LogP contribution < -0.4 is 11.1 Å². The average molecular weight is 320 g/mol. The molecule has 1 heterocycles. The highest BCUT2D eigenvalue weighted by atomic mass is 16.2. The van der Waals surface area contributed by atoms with Gasteiger partial charge in [0, 0.05) is 10.9 Å². The van der Waals surface area contributed by atoms with Crippen LogP contribution in [0.25, 0.3) is 10.9 Å². The van der Waals surface area contributed by atoms with Crippen LogP contribution in [0.1, 0.15) is 39.2 Å². The Kier molecular flexibility index (Phi) is 4.20. The van der Waals surface area contributed by atoms with Crippen molar-refractivity contribution in [2.45, 2.75) is 13.0 Å². The minimum Gasteiger partial charge on any atom is -0.366 e. The largest absolute Gasteiger partial charge is 0.366 e. The fourth-order valence-electron chi connectivity index (χ4n) is 2.48. The number of carbonyl (C=O) groups is 2. The number of carbonyl (C=O) groups excluding carboxylic acids is 2. The zero-order valence-electron chi connectivity index (χ0n) is 13.1. The van der Waals surface area contributed by atoms with Crippen molar-refractivity contribution in [1.82, 2.24) is 15.5 Å². The molecule has 6 heteroatoms. The van der Waals surface area contributed by atoms with Crippen LogP contribution in [-0.4, -0.2) is 22.0 Å². The zero-order valence-corrected chi connectivity index (χ0v) is 13.1. The summed E-state index contributed by atoms with van der Waals surface area (Å²) in [7, 11) is 0. The lowest BCUT2D eigenvalue weighted by molar-refractivity contribution is 0.0939. The Morgan fingerprint density at radius 2 is 1.79 bits per heavy atom. The van der Waals surface area contributed by atoms with Crippen molar-refractivity contribution >= 4 is 22.7 Å². The molecule has 3 rings (SSSR count). The quantitative estimate of drug-likeness (QED) is 0.770. The molecule has 0 spiro atoms. The average Bonchev–Trinajstić information content (AvgIpc) is 2.61. The molecule has 0 fully saturated rings. The predicted octanol–water partition coefficient (Wildman–Crippen LogP) is 2.22. The Balaban J connectivity index is 1.82. The maximum absolute atomic E-state index is 12.6. The number of hydrogen-bond acceptors (Lipinski definition) is 4. The smallest absolute Gasteiger partial charge is 0.254 e. The second-order valence-corrected chi connectivity index (χ2v) is 5.46. The van der Waals surface area contributed by atoms with E-state index in [1.54, 1.807) is 24.3 Å². The normalized spacial score (nSPS) is 11.9. The number of nitrogens with one attached hydrogen (secondary N) is 1. The molecule has 0 radical (unpaired) electrons. The number of hydrogen-bond donors (Lipinski definition) is 2. The van der Waals surface area contributed by atoms with Crippen molar-refractivity contribution in [3.8, 4) is 0 Å². The second kappa shape index (κ2) is 6.45. The monoisotopic (exact) mass is 320 g/mol. The van der Waals surface area contributed by atoms with Crippen molar-refractivity contribution in [3.05, 3.63) is 71.4 Å². The lowest BCUT2D eigenvalue weighted by Crippen LogP contribution is -2.27. The van der Waals surface area contributed by atoms with E-state index in [1.165, 1.54) is 6.20 Å². The first-order valence-electron chi connectivity index (χ1n) is 7.47. The fourth-order valence-corrected chi connectivity index (χ4v) is 2.48. The molecule has 0 saturated heterocycles. The van der Waals surface area contributed by atoms with Crippen LogP contribution in [0.5, 0.6) is 0 Å². The van der Waals surface area contributed by atoms with Crippen molar-refractivity contribution in [2.75, 3.05) is 0 Å². The lowest BCUT2D eigenvalue weighted by Gasteiger charge is -2.15. The number of nitrogens with zero attached hydrogens (tertiary/aromatic N) is 2. The summed E-state index contributed by atoms with van der Waals surface area (Å²) in [6, 6.07) is 14.0. The molecular formula is C18H16N4O2. The van der Waals surface area contributed by atoms with Gasteiger partial charge in [0.05, 0.1) is 23.3 Å². The first-order chi connectivity index (χ1) is 11.6. The summed E-state index contributed by atoms with van der Waals surface area (Å²) in [5.41, 5.74) is 7.68. The number of amides is 2. The summed E-state index contributed by atoms with van der Waals surface area (Å²) in [6.07, 6.45) is 1.46. The topological polar surface area (TPSA) is 98.0 Å². The number of benzene rings is 2. The third-order valence-corrected chi connectivity index (χ3v) is 3.83. The van der Waals surface area contributed by atoms with E-state index in [2.05, 4.69) is 15.5 Å². The number of aromatic nitrogens is 2. The number of fused-ring (bicyclic) bond motifs is 1. The fraction of sp³-hybridized carbons (Fsp3) is 0.111. The van der Waals surface area contributed by atoms with Crippen LogP contribution in [0.4, 0.5) is 0 Å². The van der Waals surface area contributed by atoms with Gasteiger partial charge in [0.2, 0.25) is 5.91 Å². The third-order valence-electron chi connectivity index (χ3n) is 3.83. The van der Waals surface area contributed by atoms with Crippen LogP contribution in [0.3, 0.4) is 0 Å². The molecule has 0 aliphatic rings. The van der Waals surface area contributed by atoms with Crippen LogP contribution in [0.15, 0.2) is 54.7 Å². The van der Waals surface area contributed by atoms with Gasteiger partial charge in [-0.25, -0.2) is 0 Å². The Morgan fingerprint density at radius 1 is 1.08 bits per heavy atom. The molecule has 24 heavy (non-hydrogen) atoms. The molecule has 0 saturated carbocycles. The van der Waals surface area contributed by atoms with Crippen LogP contribution >= 0.6 is 0 Å². The molecular weight excluding hydrogens is 304 g/mol. The zero-order chi connectivity index (χ0) is 17.1. The summed E-state index contributed by atoms with van der Waals surface area (Å²) in [4.78, 5) is 23.7. The second-order valence-electron chi connectivity index (χ2n) is 5.46. The summed E-state index contributed by atoms with van der Waals surface area (Å²) in [5.74, 6) is -0.708. The van der Waals surface area contributed by atoms with Crippen molar-refractivity contribution in [3.63, 3.8) is 0 Å². The standard InChI is InChI=1S/C18H16N4O2/c1-11(12-6-8-13(9-7-12)17(19)23)21-18(24)15-10-20-22-16-5-3-2-4-14(15)16/h2-11H,1H3,(H2,19,23)(H,21,24). The van der Waals surface area contributed by atoms with Crippen molar-refractivity contribution in [2.24, 2.45) is 5.73 Å². The highest BCUT2D eigenvalue weighted by Crippen LogP contribution is 2.18. The van der Waals surface area contributed by atoms with E-state index < -0.39 is 5.91 Å². The van der Waals surface area contributed by atoms with E-state index in [4.69, 9.17) is 5.73 Å². The third kappa shape index (κ3) is 3.08. The van der Waals surface area contributed by atoms with Gasteiger partial charge in [-0.05, 0) is 30.7 Å². The van der Waals surface area contributed by atoms with Gasteiger partial charge in [-0.2, -0.15) is 10.2 Å². The Labute approximate surface area is 138 Å². The highest BCUT2D eigenvalue weighted by Gasteiger charge is 2.15. The van der Waals surface area contributed by atoms with Crippen molar-refractivity contribution in [1.29, 1.82) is 0 Å². The molecule has 1 aromatic heterocycles. The molecule has 2 aromatic carbocycles. The SMILES string of the molecule is CC(NC(=O)c1cnnc2ccccc12)c1ccc(C(N)=O)cc1. The van der Waals surface area contributed by atoms with Gasteiger partial charge in [0.1, 0.15) is 0 Å². The van der Waals surface area contributed by atoms with E-state index in [0.717, 1.165) is 10.9 Å². The minimum atomic E-state index is -0.479. The summed E-state index contributed by atoms with van der Waals surface area (Å²) in [6.45, 7) is 1.87. The molecule has 0 aliphatic heterocycles. The molecule has 3 aromatic rings. The maximum Gasteiger partial charge on any atom is 0.254 e. The van der Waals surface area contributed by atoms with E-state index in [1.807, 2.05) is 31.2 Å². The molecule has 1 atom stereocenters. The number of primary amides is 1. The van der Waals surface area contributed by atoms with Gasteiger partial charge in [0.25, 0.3) is 5.91 Å². The molecule has 0 bridgehead atoms. The first kappa shape index (κ1) is 15.6. The molecule has 120 valence electrons. The number of rotatable bonds is 4. The van der Waals surface area contributed by atoms with Gasteiger partial charge in [0.15, 0.2) is 0 Å². The molecule has 1 unspecified atom stereocenters. The van der Waals surface area contributed by atoms with Gasteiger partial charge < -0.3 is 11.1 Å². The van der Waals surface area contributed by atoms with Gasteiger partial charge in [-0.15, -0.1) is 0 Å². The summed E-state index contributed by atoms with van der Waals surface area (Å²) >= 11 is 0.